The van der Waals surface area contributed by atoms with Crippen molar-refractivity contribution in [1.82, 2.24) is 14.3 Å². The number of ether oxygens (including phenoxy) is 1. The van der Waals surface area contributed by atoms with E-state index in [2.05, 4.69) is 5.10 Å². The van der Waals surface area contributed by atoms with Gasteiger partial charge >= 0.3 is 11.7 Å². The van der Waals surface area contributed by atoms with Crippen molar-refractivity contribution in [3.63, 3.8) is 0 Å². The highest BCUT2D eigenvalue weighted by Gasteiger charge is 2.14. The van der Waals surface area contributed by atoms with Gasteiger partial charge in [0.2, 0.25) is 0 Å². The molecule has 0 fully saturated rings. The van der Waals surface area contributed by atoms with Gasteiger partial charge in [-0.3, -0.25) is 10.2 Å². The van der Waals surface area contributed by atoms with Crippen LogP contribution in [0.15, 0.2) is 53.3 Å². The average Bonchev–Trinajstić information content (AvgIpc) is 3.00. The summed E-state index contributed by atoms with van der Waals surface area (Å²) in [5.74, 6) is 0.287. The van der Waals surface area contributed by atoms with Gasteiger partial charge in [0.1, 0.15) is 11.7 Å². The summed E-state index contributed by atoms with van der Waals surface area (Å²) in [6, 6.07) is 14.2. The summed E-state index contributed by atoms with van der Waals surface area (Å²) in [7, 11) is 0. The summed E-state index contributed by atoms with van der Waals surface area (Å²) >= 11 is 0. The van der Waals surface area contributed by atoms with Crippen molar-refractivity contribution in [2.24, 2.45) is 5.73 Å². The summed E-state index contributed by atoms with van der Waals surface area (Å²) in [5.41, 5.74) is 8.03. The number of nitrogen functional groups attached to an aromatic ring is 1. The predicted octanol–water partition coefficient (Wildman–Crippen LogP) is 2.50. The zero-order valence-corrected chi connectivity index (χ0v) is 17.3. The van der Waals surface area contributed by atoms with Crippen molar-refractivity contribution in [1.29, 1.82) is 5.41 Å². The van der Waals surface area contributed by atoms with E-state index < -0.39 is 0 Å². The second kappa shape index (κ2) is 8.77. The molecule has 1 aromatic heterocycles. The maximum atomic E-state index is 12.9. The van der Waals surface area contributed by atoms with Crippen molar-refractivity contribution < 1.29 is 9.53 Å². The number of benzene rings is 2. The van der Waals surface area contributed by atoms with Crippen molar-refractivity contribution in [2.75, 3.05) is 0 Å². The van der Waals surface area contributed by atoms with E-state index in [1.807, 2.05) is 38.1 Å². The SMILES string of the molecule is Cc1nn(-c2ccc(C(=N)N)cc2)c(=O)n1-c1ccc(CCC(=O)OC(C)C)cc1. The van der Waals surface area contributed by atoms with E-state index >= 15 is 0 Å². The largest absolute Gasteiger partial charge is 0.463 e. The first-order valence-corrected chi connectivity index (χ1v) is 9.68. The number of hydrogen-bond donors (Lipinski definition) is 2. The minimum absolute atomic E-state index is 0.0341. The molecule has 0 atom stereocenters. The van der Waals surface area contributed by atoms with Crippen LogP contribution in [-0.2, 0) is 16.0 Å². The van der Waals surface area contributed by atoms with Gasteiger partial charge in [-0.05, 0) is 69.2 Å². The standard InChI is InChI=1S/C22H25N5O3/c1-14(2)30-20(28)13-6-16-4-9-18(10-5-16)26-15(3)25-27(22(26)29)19-11-7-17(8-12-19)21(23)24/h4-5,7-12,14H,6,13H2,1-3H3,(H3,23,24). The number of esters is 1. The molecule has 0 saturated carbocycles. The van der Waals surface area contributed by atoms with Crippen LogP contribution in [0.25, 0.3) is 11.4 Å². The molecule has 0 aliphatic carbocycles. The quantitative estimate of drug-likeness (QED) is 0.355. The number of aryl methyl sites for hydroxylation is 2. The van der Waals surface area contributed by atoms with E-state index in [0.717, 1.165) is 5.56 Å². The van der Waals surface area contributed by atoms with Gasteiger partial charge in [0.05, 0.1) is 17.5 Å². The highest BCUT2D eigenvalue weighted by molar-refractivity contribution is 5.95. The third kappa shape index (κ3) is 4.65. The first-order valence-electron chi connectivity index (χ1n) is 9.68. The number of aromatic nitrogens is 3. The number of carbonyl (C=O) groups is 1. The van der Waals surface area contributed by atoms with Gasteiger partial charge in [-0.1, -0.05) is 12.1 Å². The molecule has 3 aromatic rings. The summed E-state index contributed by atoms with van der Waals surface area (Å²) in [4.78, 5) is 24.7. The third-order valence-electron chi connectivity index (χ3n) is 4.54. The molecule has 0 aliphatic heterocycles. The smallest absolute Gasteiger partial charge is 0.355 e. The molecule has 0 spiro atoms. The number of carbonyl (C=O) groups excluding carboxylic acids is 1. The Hall–Kier alpha value is -3.68. The second-order valence-corrected chi connectivity index (χ2v) is 7.24. The molecule has 30 heavy (non-hydrogen) atoms. The highest BCUT2D eigenvalue weighted by Crippen LogP contribution is 2.13. The molecule has 1 heterocycles. The monoisotopic (exact) mass is 407 g/mol. The minimum Gasteiger partial charge on any atom is -0.463 e. The summed E-state index contributed by atoms with van der Waals surface area (Å²) in [5, 5.41) is 11.8. The van der Waals surface area contributed by atoms with Crippen LogP contribution in [0.3, 0.4) is 0 Å². The number of rotatable bonds is 7. The van der Waals surface area contributed by atoms with E-state index in [1.165, 1.54) is 9.25 Å². The number of nitrogens with one attached hydrogen (secondary N) is 1. The Balaban J connectivity index is 1.80. The Morgan fingerprint density at radius 3 is 2.27 bits per heavy atom. The fraction of sp³-hybridized carbons (Fsp3) is 0.273. The van der Waals surface area contributed by atoms with E-state index in [4.69, 9.17) is 15.9 Å². The minimum atomic E-state index is -0.295. The summed E-state index contributed by atoms with van der Waals surface area (Å²) in [6.07, 6.45) is 0.761. The van der Waals surface area contributed by atoms with Gasteiger partial charge in [0.25, 0.3) is 0 Å². The van der Waals surface area contributed by atoms with Crippen molar-refractivity contribution in [2.45, 2.75) is 39.7 Å². The summed E-state index contributed by atoms with van der Waals surface area (Å²) in [6.45, 7) is 5.41. The van der Waals surface area contributed by atoms with Crippen molar-refractivity contribution in [3.05, 3.63) is 76.0 Å². The molecule has 8 nitrogen and oxygen atoms in total. The molecule has 3 rings (SSSR count). The normalized spacial score (nSPS) is 10.9. The summed E-state index contributed by atoms with van der Waals surface area (Å²) < 4.78 is 7.99. The Bertz CT molecular complexity index is 1110. The highest BCUT2D eigenvalue weighted by atomic mass is 16.5. The molecule has 2 aromatic carbocycles. The van der Waals surface area contributed by atoms with E-state index in [1.54, 1.807) is 31.2 Å². The fourth-order valence-electron chi connectivity index (χ4n) is 3.09. The van der Waals surface area contributed by atoms with Gasteiger partial charge < -0.3 is 10.5 Å². The Morgan fingerprint density at radius 1 is 1.10 bits per heavy atom. The van der Waals surface area contributed by atoms with Crippen molar-refractivity contribution in [3.8, 4) is 11.4 Å². The average molecular weight is 407 g/mol. The van der Waals surface area contributed by atoms with E-state index in [-0.39, 0.29) is 23.6 Å². The van der Waals surface area contributed by atoms with Crippen LogP contribution in [0.5, 0.6) is 0 Å². The molecule has 0 bridgehead atoms. The molecular formula is C22H25N5O3. The van der Waals surface area contributed by atoms with Crippen LogP contribution in [0.1, 0.15) is 37.2 Å². The Labute approximate surface area is 174 Å². The topological polar surface area (TPSA) is 116 Å². The van der Waals surface area contributed by atoms with Gasteiger partial charge in [0.15, 0.2) is 0 Å². The van der Waals surface area contributed by atoms with Crippen LogP contribution in [-0.4, -0.2) is 32.3 Å². The third-order valence-corrected chi connectivity index (χ3v) is 4.54. The lowest BCUT2D eigenvalue weighted by molar-refractivity contribution is -0.147. The molecule has 0 unspecified atom stereocenters. The van der Waals surface area contributed by atoms with Crippen LogP contribution in [0.4, 0.5) is 0 Å². The molecule has 3 N–H and O–H groups in total. The number of nitrogens with two attached hydrogens (primary N) is 1. The van der Waals surface area contributed by atoms with Crippen LogP contribution < -0.4 is 11.4 Å². The Morgan fingerprint density at radius 2 is 1.70 bits per heavy atom. The maximum Gasteiger partial charge on any atom is 0.355 e. The van der Waals surface area contributed by atoms with Gasteiger partial charge in [0, 0.05) is 12.0 Å². The zero-order chi connectivity index (χ0) is 21.8. The second-order valence-electron chi connectivity index (χ2n) is 7.24. The number of nitrogens with zero attached hydrogens (tertiary/aromatic N) is 3. The lowest BCUT2D eigenvalue weighted by Gasteiger charge is -2.08. The number of hydrogen-bond acceptors (Lipinski definition) is 5. The fourth-order valence-corrected chi connectivity index (χ4v) is 3.09. The van der Waals surface area contributed by atoms with Gasteiger partial charge in [-0.15, -0.1) is 5.10 Å². The van der Waals surface area contributed by atoms with E-state index in [0.29, 0.717) is 35.6 Å². The maximum absolute atomic E-state index is 12.9. The molecule has 0 radical (unpaired) electrons. The molecule has 156 valence electrons. The molecule has 0 saturated heterocycles. The van der Waals surface area contributed by atoms with Crippen LogP contribution in [0, 0.1) is 12.3 Å². The molecule has 0 aliphatic rings. The first kappa shape index (κ1) is 21.0. The molecule has 8 heteroatoms. The lowest BCUT2D eigenvalue weighted by Crippen LogP contribution is -2.23. The Kier molecular flexibility index (Phi) is 6.15. The number of amidine groups is 1. The zero-order valence-electron chi connectivity index (χ0n) is 17.3. The predicted molar refractivity (Wildman–Crippen MR) is 114 cm³/mol. The molecule has 0 amide bonds. The van der Waals surface area contributed by atoms with Gasteiger partial charge in [-0.2, -0.15) is 4.68 Å². The molecular weight excluding hydrogens is 382 g/mol. The lowest BCUT2D eigenvalue weighted by atomic mass is 10.1. The van der Waals surface area contributed by atoms with Crippen molar-refractivity contribution >= 4 is 11.8 Å². The first-order chi connectivity index (χ1) is 14.3. The van der Waals surface area contributed by atoms with E-state index in [9.17, 15) is 9.59 Å². The van der Waals surface area contributed by atoms with Crippen LogP contribution >= 0.6 is 0 Å². The van der Waals surface area contributed by atoms with Crippen LogP contribution in [0.2, 0.25) is 0 Å². The van der Waals surface area contributed by atoms with Gasteiger partial charge in [-0.25, -0.2) is 9.36 Å².